The van der Waals surface area contributed by atoms with Crippen LogP contribution in [0, 0.1) is 0 Å². The molecule has 0 aliphatic heterocycles. The van der Waals surface area contributed by atoms with E-state index >= 15 is 0 Å². The van der Waals surface area contributed by atoms with Crippen molar-refractivity contribution >= 4 is 16.3 Å². The Morgan fingerprint density at radius 1 is 1.30 bits per heavy atom. The Morgan fingerprint density at radius 3 is 2.45 bits per heavy atom. The Morgan fingerprint density at radius 2 is 1.90 bits per heavy atom. The highest BCUT2D eigenvalue weighted by Crippen LogP contribution is 2.18. The van der Waals surface area contributed by atoms with E-state index in [1.54, 1.807) is 26.8 Å². The number of amides is 1. The van der Waals surface area contributed by atoms with Crippen LogP contribution >= 0.6 is 0 Å². The van der Waals surface area contributed by atoms with Crippen molar-refractivity contribution in [2.45, 2.75) is 37.7 Å². The lowest BCUT2D eigenvalue weighted by atomic mass is 10.1. The highest BCUT2D eigenvalue weighted by Gasteiger charge is 2.18. The Kier molecular flexibility index (Phi) is 5.10. The summed E-state index contributed by atoms with van der Waals surface area (Å²) in [4.78, 5) is 11.0. The molecule has 0 aliphatic carbocycles. The average Bonchev–Trinajstić information content (AvgIpc) is 2.25. The van der Waals surface area contributed by atoms with Crippen molar-refractivity contribution < 1.29 is 21.8 Å². The highest BCUT2D eigenvalue weighted by molar-refractivity contribution is 7.86. The van der Waals surface area contributed by atoms with Crippen molar-refractivity contribution in [3.8, 4) is 0 Å². The van der Waals surface area contributed by atoms with Gasteiger partial charge in [-0.25, -0.2) is 4.79 Å². The van der Waals surface area contributed by atoms with Crippen molar-refractivity contribution in [3.05, 3.63) is 29.8 Å². The molecule has 1 rings (SSSR count). The molecule has 1 amide bonds. The Hall–Kier alpha value is -1.63. The van der Waals surface area contributed by atoms with Gasteiger partial charge in [-0.1, -0.05) is 18.2 Å². The molecule has 5 nitrogen and oxygen atoms in total. The zero-order valence-electron chi connectivity index (χ0n) is 11.6. The van der Waals surface area contributed by atoms with E-state index in [-0.39, 0.29) is 17.9 Å². The first-order valence-corrected chi connectivity index (χ1v) is 7.47. The summed E-state index contributed by atoms with van der Waals surface area (Å²) < 4.78 is 40.0. The molecule has 0 fully saturated rings. The minimum absolute atomic E-state index is 0.154. The standard InChI is InChI=1S/C13H18FNO4S/c1-13(2,3)19-12(16)15-9-8-10-6-4-5-7-11(10)20(14,17)18/h4-7H,8-9H2,1-3H3,(H,15,16). The van der Waals surface area contributed by atoms with Crippen LogP contribution in [0.15, 0.2) is 29.2 Å². The fourth-order valence-corrected chi connectivity index (χ4v) is 2.29. The second-order valence-corrected chi connectivity index (χ2v) is 6.54. The van der Waals surface area contributed by atoms with Crippen molar-refractivity contribution in [3.63, 3.8) is 0 Å². The Labute approximate surface area is 118 Å². The SMILES string of the molecule is CC(C)(C)OC(=O)NCCc1ccccc1S(=O)(=O)F. The number of benzene rings is 1. The van der Waals surface area contributed by atoms with Gasteiger partial charge in [-0.15, -0.1) is 3.89 Å². The van der Waals surface area contributed by atoms with Gasteiger partial charge in [0.25, 0.3) is 0 Å². The Bertz CT molecular complexity index is 578. The molecule has 0 radical (unpaired) electrons. The molecule has 0 atom stereocenters. The molecule has 0 saturated carbocycles. The topological polar surface area (TPSA) is 72.5 Å². The van der Waals surface area contributed by atoms with Gasteiger partial charge in [0.15, 0.2) is 0 Å². The smallest absolute Gasteiger partial charge is 0.407 e. The van der Waals surface area contributed by atoms with Gasteiger partial charge in [0, 0.05) is 6.54 Å². The molecule has 0 saturated heterocycles. The van der Waals surface area contributed by atoms with E-state index in [9.17, 15) is 17.1 Å². The third kappa shape index (κ3) is 5.56. The van der Waals surface area contributed by atoms with E-state index in [4.69, 9.17) is 4.74 Å². The fourth-order valence-electron chi connectivity index (χ4n) is 1.56. The minimum Gasteiger partial charge on any atom is -0.444 e. The maximum absolute atomic E-state index is 13.1. The number of carbonyl (C=O) groups excluding carboxylic acids is 1. The number of alkyl carbamates (subject to hydrolysis) is 1. The van der Waals surface area contributed by atoms with E-state index in [2.05, 4.69) is 5.32 Å². The van der Waals surface area contributed by atoms with Crippen molar-refractivity contribution in [2.24, 2.45) is 0 Å². The summed E-state index contributed by atoms with van der Waals surface area (Å²) in [6.07, 6.45) is -0.406. The third-order valence-electron chi connectivity index (χ3n) is 2.30. The largest absolute Gasteiger partial charge is 0.444 e. The second kappa shape index (κ2) is 6.21. The van der Waals surface area contributed by atoms with Crippen LogP contribution in [0.25, 0.3) is 0 Å². The fraction of sp³-hybridized carbons (Fsp3) is 0.462. The maximum atomic E-state index is 13.1. The van der Waals surface area contributed by atoms with Gasteiger partial charge in [0.05, 0.1) is 0 Å². The van der Waals surface area contributed by atoms with E-state index in [0.29, 0.717) is 5.56 Å². The van der Waals surface area contributed by atoms with Crippen LogP contribution in [-0.4, -0.2) is 26.7 Å². The number of rotatable bonds is 4. The first kappa shape index (κ1) is 16.4. The molecule has 0 spiro atoms. The first-order chi connectivity index (χ1) is 9.09. The summed E-state index contributed by atoms with van der Waals surface area (Å²) in [5.74, 6) is 0. The van der Waals surface area contributed by atoms with Crippen molar-refractivity contribution in [2.75, 3.05) is 6.54 Å². The molecule has 0 bridgehead atoms. The predicted molar refractivity (Wildman–Crippen MR) is 72.7 cm³/mol. The summed E-state index contributed by atoms with van der Waals surface area (Å²) in [5.41, 5.74) is -0.296. The molecule has 0 aliphatic rings. The molecule has 112 valence electrons. The lowest BCUT2D eigenvalue weighted by Crippen LogP contribution is -2.33. The summed E-state index contributed by atoms with van der Waals surface area (Å²) in [5, 5.41) is 2.49. The molecule has 0 aromatic heterocycles. The molecular weight excluding hydrogens is 285 g/mol. The Balaban J connectivity index is 2.62. The van der Waals surface area contributed by atoms with Crippen LogP contribution in [0.5, 0.6) is 0 Å². The zero-order chi connectivity index (χ0) is 15.4. The second-order valence-electron chi connectivity index (χ2n) is 5.22. The number of halogens is 1. The van der Waals surface area contributed by atoms with E-state index in [1.807, 2.05) is 0 Å². The van der Waals surface area contributed by atoms with Crippen molar-refractivity contribution in [1.29, 1.82) is 0 Å². The van der Waals surface area contributed by atoms with E-state index in [1.165, 1.54) is 18.2 Å². The number of hydrogen-bond acceptors (Lipinski definition) is 4. The first-order valence-electron chi connectivity index (χ1n) is 6.09. The van der Waals surface area contributed by atoms with Gasteiger partial charge in [0.2, 0.25) is 0 Å². The van der Waals surface area contributed by atoms with Gasteiger partial charge in [-0.3, -0.25) is 0 Å². The molecule has 20 heavy (non-hydrogen) atoms. The molecule has 1 aromatic rings. The maximum Gasteiger partial charge on any atom is 0.407 e. The van der Waals surface area contributed by atoms with Gasteiger partial charge < -0.3 is 10.1 Å². The van der Waals surface area contributed by atoms with E-state index in [0.717, 1.165) is 0 Å². The van der Waals surface area contributed by atoms with Crippen molar-refractivity contribution in [1.82, 2.24) is 5.32 Å². The summed E-state index contributed by atoms with van der Waals surface area (Å²) in [7, 11) is -4.76. The molecule has 7 heteroatoms. The van der Waals surface area contributed by atoms with Gasteiger partial charge >= 0.3 is 16.3 Å². The molecular formula is C13H18FNO4S. The molecule has 0 unspecified atom stereocenters. The van der Waals surface area contributed by atoms with Crippen LogP contribution in [0.4, 0.5) is 8.68 Å². The van der Waals surface area contributed by atoms with Crippen LogP contribution in [0.3, 0.4) is 0 Å². The summed E-state index contributed by atoms with van der Waals surface area (Å²) >= 11 is 0. The zero-order valence-corrected chi connectivity index (χ0v) is 12.5. The average molecular weight is 303 g/mol. The third-order valence-corrected chi connectivity index (χ3v) is 3.22. The number of nitrogens with one attached hydrogen (secondary N) is 1. The van der Waals surface area contributed by atoms with Crippen LogP contribution in [-0.2, 0) is 21.4 Å². The van der Waals surface area contributed by atoms with E-state index < -0.39 is 21.9 Å². The van der Waals surface area contributed by atoms with Crippen LogP contribution in [0.1, 0.15) is 26.3 Å². The number of carbonyl (C=O) groups is 1. The monoisotopic (exact) mass is 303 g/mol. The predicted octanol–water partition coefficient (Wildman–Crippen LogP) is 2.41. The minimum atomic E-state index is -4.76. The molecule has 0 heterocycles. The number of hydrogen-bond donors (Lipinski definition) is 1. The van der Waals surface area contributed by atoms with Crippen LogP contribution in [0.2, 0.25) is 0 Å². The molecule has 1 aromatic carbocycles. The lowest BCUT2D eigenvalue weighted by molar-refractivity contribution is 0.0528. The van der Waals surface area contributed by atoms with Gasteiger partial charge in [0.1, 0.15) is 10.5 Å². The lowest BCUT2D eigenvalue weighted by Gasteiger charge is -2.19. The van der Waals surface area contributed by atoms with Crippen LogP contribution < -0.4 is 5.32 Å². The van der Waals surface area contributed by atoms with Gasteiger partial charge in [-0.05, 0) is 38.8 Å². The number of ether oxygens (including phenoxy) is 1. The summed E-state index contributed by atoms with van der Waals surface area (Å²) in [6.45, 7) is 5.36. The normalized spacial score (nSPS) is 12.0. The summed E-state index contributed by atoms with van der Waals surface area (Å²) in [6, 6.07) is 5.75. The van der Waals surface area contributed by atoms with Gasteiger partial charge in [-0.2, -0.15) is 8.42 Å². The molecule has 1 N–H and O–H groups in total. The highest BCUT2D eigenvalue weighted by atomic mass is 32.3. The quantitative estimate of drug-likeness (QED) is 0.867.